The van der Waals surface area contributed by atoms with E-state index in [-0.39, 0.29) is 5.15 Å². The van der Waals surface area contributed by atoms with E-state index in [4.69, 9.17) is 23.2 Å². The average Bonchev–Trinajstić information content (AvgIpc) is 2.80. The smallest absolute Gasteiger partial charge is 0.162 e. The second-order valence-corrected chi connectivity index (χ2v) is 4.71. The Morgan fingerprint density at radius 2 is 1.89 bits per heavy atom. The van der Waals surface area contributed by atoms with Crippen LogP contribution in [-0.4, -0.2) is 21.1 Å². The molecule has 6 heteroatoms. The molecule has 0 fully saturated rings. The summed E-state index contributed by atoms with van der Waals surface area (Å²) in [6, 6.07) is 7.32. The molecule has 3 rings (SSSR count). The van der Waals surface area contributed by atoms with Crippen LogP contribution < -0.4 is 0 Å². The van der Waals surface area contributed by atoms with Crippen molar-refractivity contribution < 1.29 is 4.79 Å². The molecule has 0 aromatic heterocycles. The lowest BCUT2D eigenvalue weighted by atomic mass is 10.1. The molecule has 19 heavy (non-hydrogen) atoms. The predicted molar refractivity (Wildman–Crippen MR) is 73.4 cm³/mol. The molecule has 0 atom stereocenters. The van der Waals surface area contributed by atoms with Gasteiger partial charge < -0.3 is 4.57 Å². The lowest BCUT2D eigenvalue weighted by Gasteiger charge is -2.11. The van der Waals surface area contributed by atoms with Crippen LogP contribution in [0, 0.1) is 0 Å². The summed E-state index contributed by atoms with van der Waals surface area (Å²) in [6.07, 6.45) is 4.13. The number of hydrogen-bond donors (Lipinski definition) is 0. The van der Waals surface area contributed by atoms with Crippen molar-refractivity contribution in [2.24, 2.45) is 0 Å². The second kappa shape index (κ2) is 4.64. The van der Waals surface area contributed by atoms with Crippen molar-refractivity contribution in [2.45, 2.75) is 0 Å². The Morgan fingerprint density at radius 3 is 2.63 bits per heavy atom. The van der Waals surface area contributed by atoms with Crippen molar-refractivity contribution in [3.8, 4) is 16.9 Å². The first-order valence-corrected chi connectivity index (χ1v) is 6.20. The molecule has 0 N–H and O–H groups in total. The fourth-order valence-electron chi connectivity index (χ4n) is 1.90. The fraction of sp³-hybridized carbons (Fsp3) is 0. The van der Waals surface area contributed by atoms with E-state index >= 15 is 0 Å². The number of hydrogen-bond acceptors (Lipinski definition) is 3. The molecule has 2 aliphatic rings. The molecular weight excluding hydrogens is 285 g/mol. The Balaban J connectivity index is 2.31. The molecule has 0 radical (unpaired) electrons. The van der Waals surface area contributed by atoms with Gasteiger partial charge in [-0.25, -0.2) is 0 Å². The molecule has 0 saturated carbocycles. The van der Waals surface area contributed by atoms with Crippen LogP contribution in [0.4, 0.5) is 0 Å². The summed E-state index contributed by atoms with van der Waals surface area (Å²) >= 11 is 12.1. The van der Waals surface area contributed by atoms with Crippen molar-refractivity contribution in [1.29, 1.82) is 0 Å². The third kappa shape index (κ3) is 1.99. The molecule has 2 heterocycles. The van der Waals surface area contributed by atoms with E-state index in [0.29, 0.717) is 21.8 Å². The highest BCUT2D eigenvalue weighted by Crippen LogP contribution is 2.31. The number of pyridine rings is 1. The van der Waals surface area contributed by atoms with Crippen LogP contribution in [0.3, 0.4) is 0 Å². The topological polar surface area (TPSA) is 47.8 Å². The molecule has 0 spiro atoms. The molecule has 0 bridgehead atoms. The maximum atomic E-state index is 11.1. The van der Waals surface area contributed by atoms with Gasteiger partial charge in [-0.2, -0.15) is 0 Å². The summed E-state index contributed by atoms with van der Waals surface area (Å²) in [4.78, 5) is 11.1. The summed E-state index contributed by atoms with van der Waals surface area (Å²) in [6.45, 7) is 0. The van der Waals surface area contributed by atoms with Gasteiger partial charge >= 0.3 is 0 Å². The van der Waals surface area contributed by atoms with Crippen molar-refractivity contribution in [2.75, 3.05) is 0 Å². The van der Waals surface area contributed by atoms with Gasteiger partial charge in [-0.05, 0) is 12.1 Å². The van der Waals surface area contributed by atoms with E-state index in [1.54, 1.807) is 23.0 Å². The molecule has 0 amide bonds. The van der Waals surface area contributed by atoms with Crippen LogP contribution in [0.1, 0.15) is 10.4 Å². The minimum Gasteiger partial charge on any atom is -0.321 e. The fourth-order valence-corrected chi connectivity index (χ4v) is 2.31. The van der Waals surface area contributed by atoms with Crippen LogP contribution >= 0.6 is 23.2 Å². The Bertz CT molecular complexity index is 739. The van der Waals surface area contributed by atoms with E-state index in [0.717, 1.165) is 12.0 Å². The quantitative estimate of drug-likeness (QED) is 0.679. The normalized spacial score (nSPS) is 10.8. The number of halogens is 2. The van der Waals surface area contributed by atoms with Gasteiger partial charge in [0.2, 0.25) is 0 Å². The highest BCUT2D eigenvalue weighted by molar-refractivity contribution is 6.33. The molecule has 94 valence electrons. The number of rotatable bonds is 2. The maximum absolute atomic E-state index is 11.1. The van der Waals surface area contributed by atoms with Gasteiger partial charge in [0.1, 0.15) is 5.69 Å². The minimum absolute atomic E-state index is 0.263. The van der Waals surface area contributed by atoms with Crippen molar-refractivity contribution in [3.05, 3.63) is 52.4 Å². The third-order valence-corrected chi connectivity index (χ3v) is 3.39. The summed E-state index contributed by atoms with van der Waals surface area (Å²) in [7, 11) is 0. The predicted octanol–water partition coefficient (Wildman–Crippen LogP) is 3.49. The summed E-state index contributed by atoms with van der Waals surface area (Å²) in [5, 5.41) is 8.50. The summed E-state index contributed by atoms with van der Waals surface area (Å²) in [5.41, 5.74) is 2.28. The monoisotopic (exact) mass is 291 g/mol. The van der Waals surface area contributed by atoms with Crippen LogP contribution in [0.15, 0.2) is 36.7 Å². The lowest BCUT2D eigenvalue weighted by molar-refractivity contribution is 0.112. The van der Waals surface area contributed by atoms with Gasteiger partial charge in [0.05, 0.1) is 21.8 Å². The van der Waals surface area contributed by atoms with Crippen molar-refractivity contribution in [1.82, 2.24) is 14.8 Å². The van der Waals surface area contributed by atoms with E-state index in [9.17, 15) is 4.79 Å². The van der Waals surface area contributed by atoms with Gasteiger partial charge in [-0.1, -0.05) is 35.3 Å². The Labute approximate surface area is 118 Å². The van der Waals surface area contributed by atoms with Crippen LogP contribution in [0.5, 0.6) is 0 Å². The summed E-state index contributed by atoms with van der Waals surface area (Å²) < 4.78 is 1.74. The highest BCUT2D eigenvalue weighted by Gasteiger charge is 2.18. The third-order valence-electron chi connectivity index (χ3n) is 2.79. The Kier molecular flexibility index (Phi) is 2.97. The number of aromatic nitrogens is 3. The van der Waals surface area contributed by atoms with Crippen molar-refractivity contribution >= 4 is 29.5 Å². The largest absolute Gasteiger partial charge is 0.321 e. The zero-order chi connectivity index (χ0) is 13.4. The van der Waals surface area contributed by atoms with Gasteiger partial charge in [-0.15, -0.1) is 10.2 Å². The van der Waals surface area contributed by atoms with Gasteiger partial charge in [-0.3, -0.25) is 4.79 Å². The molecule has 0 saturated heterocycles. The van der Waals surface area contributed by atoms with E-state index < -0.39 is 0 Å². The first-order chi connectivity index (χ1) is 9.20. The zero-order valence-electron chi connectivity index (χ0n) is 9.55. The first-order valence-electron chi connectivity index (χ1n) is 5.44. The van der Waals surface area contributed by atoms with E-state index in [2.05, 4.69) is 10.2 Å². The number of fused-ring (bicyclic) bond motifs is 1. The molecule has 0 unspecified atom stereocenters. The van der Waals surface area contributed by atoms with E-state index in [1.807, 2.05) is 18.2 Å². The lowest BCUT2D eigenvalue weighted by Crippen LogP contribution is -2.01. The zero-order valence-corrected chi connectivity index (χ0v) is 11.1. The molecular formula is C13H7Cl2N3O. The van der Waals surface area contributed by atoms with E-state index in [1.165, 1.54) is 0 Å². The number of benzene rings is 1. The van der Waals surface area contributed by atoms with Gasteiger partial charge in [0, 0.05) is 12.4 Å². The number of para-hydroxylation sites is 1. The Hall–Kier alpha value is -1.91. The average molecular weight is 292 g/mol. The number of nitrogens with zero attached hydrogens (tertiary/aromatic N) is 3. The number of aldehydes is 1. The maximum Gasteiger partial charge on any atom is 0.162 e. The van der Waals surface area contributed by atoms with Crippen LogP contribution in [0.25, 0.3) is 16.9 Å². The van der Waals surface area contributed by atoms with Gasteiger partial charge in [0.15, 0.2) is 11.4 Å². The SMILES string of the molecule is O=Cc1cn(-c2ccccc2Cl)cc2c(Cl)nnc1-2. The van der Waals surface area contributed by atoms with Crippen LogP contribution in [-0.2, 0) is 0 Å². The first kappa shape index (κ1) is 12.1. The summed E-state index contributed by atoms with van der Waals surface area (Å²) in [5.74, 6) is 0. The molecule has 0 aliphatic carbocycles. The molecule has 1 aromatic carbocycles. The second-order valence-electron chi connectivity index (χ2n) is 3.94. The minimum atomic E-state index is 0.263. The van der Waals surface area contributed by atoms with Gasteiger partial charge in [0.25, 0.3) is 0 Å². The number of carbonyl (C=O) groups is 1. The molecule has 4 nitrogen and oxygen atoms in total. The van der Waals surface area contributed by atoms with Crippen molar-refractivity contribution in [3.63, 3.8) is 0 Å². The van der Waals surface area contributed by atoms with Crippen LogP contribution in [0.2, 0.25) is 10.2 Å². The number of carbonyl (C=O) groups excluding carboxylic acids is 1. The highest BCUT2D eigenvalue weighted by atomic mass is 35.5. The molecule has 1 aromatic rings. The standard InChI is InChI=1S/C13H7Cl2N3O/c14-10-3-1-2-4-11(10)18-5-8(7-19)12-9(6-18)13(15)17-16-12/h1-7H. The molecule has 2 aliphatic heterocycles. The Morgan fingerprint density at radius 1 is 1.11 bits per heavy atom.